The number of aromatic nitrogens is 3. The van der Waals surface area contributed by atoms with Gasteiger partial charge in [0.2, 0.25) is 5.91 Å². The third-order valence-electron chi connectivity index (χ3n) is 4.32. The van der Waals surface area contributed by atoms with Crippen molar-refractivity contribution in [2.75, 3.05) is 19.3 Å². The molecule has 1 amide bonds. The molecular weight excluding hydrogens is 371 g/mol. The molecule has 1 N–H and O–H groups in total. The number of anilines is 2. The van der Waals surface area contributed by atoms with E-state index < -0.39 is 24.6 Å². The lowest BCUT2D eigenvalue weighted by Gasteiger charge is -2.16. The summed E-state index contributed by atoms with van der Waals surface area (Å²) in [6, 6.07) is 3.72. The Balaban J connectivity index is 1.93. The molecule has 3 rings (SSSR count). The quantitative estimate of drug-likeness (QED) is 0.729. The molecule has 0 radical (unpaired) electrons. The van der Waals surface area contributed by atoms with Crippen molar-refractivity contribution in [3.63, 3.8) is 0 Å². The first-order valence-electron chi connectivity index (χ1n) is 9.81. The molecule has 0 aliphatic heterocycles. The average Bonchev–Trinajstić information content (AvgIpc) is 3.06. The molecule has 3 aromatic rings. The Morgan fingerprint density at radius 1 is 1.29 bits per heavy atom. The van der Waals surface area contributed by atoms with Gasteiger partial charge in [-0.25, -0.2) is 9.97 Å². The monoisotopic (exact) mass is 394 g/mol. The third kappa shape index (κ3) is 3.78. The number of hydrogen-bond donors (Lipinski definition) is 1. The van der Waals surface area contributed by atoms with Gasteiger partial charge in [-0.1, -0.05) is 0 Å². The van der Waals surface area contributed by atoms with Crippen LogP contribution in [0.1, 0.15) is 20.8 Å². The zero-order valence-electron chi connectivity index (χ0n) is 18.4. The van der Waals surface area contributed by atoms with Gasteiger partial charge in [0, 0.05) is 30.0 Å². The first-order chi connectivity index (χ1) is 14.3. The van der Waals surface area contributed by atoms with Crippen molar-refractivity contribution in [3.8, 4) is 0 Å². The summed E-state index contributed by atoms with van der Waals surface area (Å²) in [5.41, 5.74) is 1.43. The third-order valence-corrected chi connectivity index (χ3v) is 4.32. The van der Waals surface area contributed by atoms with Crippen LogP contribution in [-0.2, 0) is 17.5 Å². The summed E-state index contributed by atoms with van der Waals surface area (Å²) < 4.78 is 62.6. The summed E-state index contributed by atoms with van der Waals surface area (Å²) >= 11 is 0. The topological polar surface area (TPSA) is 63.1 Å². The van der Waals surface area contributed by atoms with E-state index in [1.807, 2.05) is 0 Å². The molecule has 28 heavy (non-hydrogen) atoms. The van der Waals surface area contributed by atoms with E-state index in [0.29, 0.717) is 38.6 Å². The highest BCUT2D eigenvalue weighted by atomic mass is 19.4. The fourth-order valence-electron chi connectivity index (χ4n) is 2.90. The van der Waals surface area contributed by atoms with Gasteiger partial charge >= 0.3 is 6.18 Å². The highest BCUT2D eigenvalue weighted by Gasteiger charge is 2.31. The van der Waals surface area contributed by atoms with Gasteiger partial charge in [-0.05, 0) is 43.2 Å². The van der Waals surface area contributed by atoms with E-state index in [0.717, 1.165) is 12.1 Å². The molecule has 0 fully saturated rings. The fraction of sp³-hybridized carbons (Fsp3) is 0.316. The Morgan fingerprint density at radius 3 is 2.57 bits per heavy atom. The maximum atomic E-state index is 13.0. The van der Waals surface area contributed by atoms with E-state index in [2.05, 4.69) is 15.3 Å². The number of rotatable bonds is 4. The SMILES string of the molecule is [2H]C([2H])([2H])N(C)C(=O)Cn1cnc2c(Nc3c(C)cc(C(F)(F)F)cc3C)nccc21. The van der Waals surface area contributed by atoms with Gasteiger partial charge < -0.3 is 14.8 Å². The van der Waals surface area contributed by atoms with Crippen molar-refractivity contribution in [3.05, 3.63) is 47.4 Å². The molecule has 0 aliphatic rings. The maximum Gasteiger partial charge on any atom is 0.416 e. The van der Waals surface area contributed by atoms with Gasteiger partial charge in [0.25, 0.3) is 0 Å². The summed E-state index contributed by atoms with van der Waals surface area (Å²) in [6.07, 6.45) is -1.59. The lowest BCUT2D eigenvalue weighted by Crippen LogP contribution is -2.25. The smallest absolute Gasteiger partial charge is 0.347 e. The Bertz CT molecular complexity index is 1120. The van der Waals surface area contributed by atoms with Crippen molar-refractivity contribution in [1.29, 1.82) is 0 Å². The number of pyridine rings is 1. The van der Waals surface area contributed by atoms with E-state index in [1.54, 1.807) is 19.9 Å². The summed E-state index contributed by atoms with van der Waals surface area (Å²) in [4.78, 5) is 21.4. The predicted octanol–water partition coefficient (Wildman–Crippen LogP) is 3.90. The Morgan fingerprint density at radius 2 is 1.96 bits per heavy atom. The van der Waals surface area contributed by atoms with Gasteiger partial charge in [-0.15, -0.1) is 0 Å². The molecule has 0 unspecified atom stereocenters. The van der Waals surface area contributed by atoms with Crippen LogP contribution < -0.4 is 5.32 Å². The van der Waals surface area contributed by atoms with Crippen LogP contribution in [0.3, 0.4) is 0 Å². The van der Waals surface area contributed by atoms with Crippen LogP contribution in [0.4, 0.5) is 24.7 Å². The normalized spacial score (nSPS) is 13.7. The molecule has 0 spiro atoms. The second-order valence-electron chi connectivity index (χ2n) is 6.46. The van der Waals surface area contributed by atoms with Crippen LogP contribution in [0.5, 0.6) is 0 Å². The largest absolute Gasteiger partial charge is 0.416 e. The van der Waals surface area contributed by atoms with Crippen LogP contribution in [0, 0.1) is 13.8 Å². The summed E-state index contributed by atoms with van der Waals surface area (Å²) in [7, 11) is 1.19. The molecule has 1 aromatic carbocycles. The van der Waals surface area contributed by atoms with E-state index in [-0.39, 0.29) is 6.54 Å². The first kappa shape index (κ1) is 15.9. The zero-order chi connectivity index (χ0) is 23.1. The minimum absolute atomic E-state index is 0.243. The van der Waals surface area contributed by atoms with Crippen LogP contribution in [-0.4, -0.2) is 39.4 Å². The molecule has 0 bridgehead atoms. The minimum atomic E-state index is -4.44. The lowest BCUT2D eigenvalue weighted by molar-refractivity contribution is -0.137. The predicted molar refractivity (Wildman–Crippen MR) is 100 cm³/mol. The summed E-state index contributed by atoms with van der Waals surface area (Å²) in [5.74, 6) is -0.320. The minimum Gasteiger partial charge on any atom is -0.347 e. The molecule has 0 aliphatic carbocycles. The maximum absolute atomic E-state index is 13.0. The number of carbonyl (C=O) groups excluding carboxylic acids is 1. The number of likely N-dealkylation sites (N-methyl/N-ethyl adjacent to an activating group) is 1. The fourth-order valence-corrected chi connectivity index (χ4v) is 2.90. The molecule has 148 valence electrons. The number of imidazole rings is 1. The van der Waals surface area contributed by atoms with Crippen LogP contribution in [0.25, 0.3) is 11.0 Å². The van der Waals surface area contributed by atoms with E-state index >= 15 is 0 Å². The van der Waals surface area contributed by atoms with E-state index in [1.165, 1.54) is 24.1 Å². The molecule has 9 heteroatoms. The Kier molecular flexibility index (Phi) is 4.06. The summed E-state index contributed by atoms with van der Waals surface area (Å²) in [5, 5.41) is 3.04. The van der Waals surface area contributed by atoms with Crippen molar-refractivity contribution >= 4 is 28.4 Å². The van der Waals surface area contributed by atoms with Gasteiger partial charge in [0.05, 0.1) is 17.4 Å². The first-order valence-corrected chi connectivity index (χ1v) is 8.31. The molecule has 0 saturated carbocycles. The zero-order valence-corrected chi connectivity index (χ0v) is 15.4. The van der Waals surface area contributed by atoms with Crippen LogP contribution in [0.15, 0.2) is 30.7 Å². The van der Waals surface area contributed by atoms with Gasteiger partial charge in [-0.2, -0.15) is 13.2 Å². The number of halogens is 3. The lowest BCUT2D eigenvalue weighted by atomic mass is 10.0. The van der Waals surface area contributed by atoms with Crippen molar-refractivity contribution < 1.29 is 22.1 Å². The molecule has 0 saturated heterocycles. The molecular formula is C19H20F3N5O. The average molecular weight is 394 g/mol. The number of benzene rings is 1. The number of nitrogens with zero attached hydrogens (tertiary/aromatic N) is 4. The van der Waals surface area contributed by atoms with E-state index in [9.17, 15) is 18.0 Å². The van der Waals surface area contributed by atoms with Gasteiger partial charge in [0.15, 0.2) is 5.82 Å². The number of amides is 1. The standard InChI is InChI=1S/C19H20F3N5O/c1-11-7-13(19(20,21)22)8-12(2)16(11)25-18-17-14(5-6-23-18)27(10-24-17)9-15(28)26(3)4/h5-8,10H,9H2,1-4H3,(H,23,25)/i3D3. The summed E-state index contributed by atoms with van der Waals surface area (Å²) in [6.45, 7) is 0.325. The molecule has 0 atom stereocenters. The highest BCUT2D eigenvalue weighted by molar-refractivity contribution is 5.89. The molecule has 6 nitrogen and oxygen atoms in total. The Labute approximate surface area is 164 Å². The van der Waals surface area contributed by atoms with Crippen LogP contribution in [0.2, 0.25) is 0 Å². The van der Waals surface area contributed by atoms with Crippen molar-refractivity contribution in [1.82, 2.24) is 19.4 Å². The van der Waals surface area contributed by atoms with Crippen molar-refractivity contribution in [2.24, 2.45) is 0 Å². The molecule has 2 heterocycles. The van der Waals surface area contributed by atoms with Gasteiger partial charge in [-0.3, -0.25) is 4.79 Å². The molecule has 2 aromatic heterocycles. The number of alkyl halides is 3. The number of aryl methyl sites for hydroxylation is 2. The Hall–Kier alpha value is -3.10. The second-order valence-corrected chi connectivity index (χ2v) is 6.46. The van der Waals surface area contributed by atoms with Crippen LogP contribution >= 0.6 is 0 Å². The van der Waals surface area contributed by atoms with E-state index in [4.69, 9.17) is 4.11 Å². The number of hydrogen-bond acceptors (Lipinski definition) is 4. The van der Waals surface area contributed by atoms with Crippen molar-refractivity contribution in [2.45, 2.75) is 26.6 Å². The number of fused-ring (bicyclic) bond motifs is 1. The van der Waals surface area contributed by atoms with Gasteiger partial charge in [0.1, 0.15) is 12.1 Å². The highest BCUT2D eigenvalue weighted by Crippen LogP contribution is 2.35. The number of carbonyl (C=O) groups is 1. The number of nitrogens with one attached hydrogen (secondary N) is 1. The second kappa shape index (κ2) is 7.14.